The van der Waals surface area contributed by atoms with Gasteiger partial charge in [-0.05, 0) is 85.5 Å². The Labute approximate surface area is 235 Å². The van der Waals surface area contributed by atoms with E-state index < -0.39 is 0 Å². The van der Waals surface area contributed by atoms with E-state index in [2.05, 4.69) is 40.0 Å². The van der Waals surface area contributed by atoms with Gasteiger partial charge in [-0.1, -0.05) is 36.4 Å². The number of ether oxygens (including phenoxy) is 1. The van der Waals surface area contributed by atoms with Gasteiger partial charge in [0.1, 0.15) is 5.82 Å². The second-order valence-electron chi connectivity index (χ2n) is 11.5. The molecule has 1 aliphatic carbocycles. The average molecular weight is 530 g/mol. The van der Waals surface area contributed by atoms with E-state index in [-0.39, 0.29) is 0 Å². The lowest BCUT2D eigenvalue weighted by Crippen LogP contribution is -2.66. The van der Waals surface area contributed by atoms with Gasteiger partial charge < -0.3 is 10.5 Å². The number of nitrogens with one attached hydrogen (secondary N) is 1. The number of benzene rings is 2. The van der Waals surface area contributed by atoms with Crippen molar-refractivity contribution in [3.8, 4) is 22.4 Å². The fourth-order valence-corrected chi connectivity index (χ4v) is 6.95. The molecular formula is C34H35N5O. The quantitative estimate of drug-likeness (QED) is 0.251. The maximum Gasteiger partial charge on any atom is 0.132 e. The van der Waals surface area contributed by atoms with E-state index in [9.17, 15) is 0 Å². The van der Waals surface area contributed by atoms with Gasteiger partial charge in [0.2, 0.25) is 0 Å². The first-order valence-corrected chi connectivity index (χ1v) is 14.4. The number of nitrogens with two attached hydrogens (primary N) is 1. The van der Waals surface area contributed by atoms with Crippen LogP contribution in [0.1, 0.15) is 47.1 Å². The number of aryl methyl sites for hydroxylation is 3. The Balaban J connectivity index is 1.12. The maximum absolute atomic E-state index is 9.01. The smallest absolute Gasteiger partial charge is 0.132 e. The number of fused-ring (bicyclic) bond motifs is 3. The first-order valence-electron chi connectivity index (χ1n) is 14.4. The summed E-state index contributed by atoms with van der Waals surface area (Å²) in [7, 11) is 0. The van der Waals surface area contributed by atoms with Crippen LogP contribution in [-0.2, 0) is 17.6 Å². The summed E-state index contributed by atoms with van der Waals surface area (Å²) in [5, 5.41) is 9.01. The van der Waals surface area contributed by atoms with E-state index in [0.717, 1.165) is 59.6 Å². The van der Waals surface area contributed by atoms with Gasteiger partial charge in [-0.2, -0.15) is 0 Å². The Morgan fingerprint density at radius 2 is 1.73 bits per heavy atom. The molecule has 6 heteroatoms. The minimum absolute atomic E-state index is 0.377. The standard InChI is InChI=1S/C34H35N5O/c1-21-14-25(9-12-30(21)32-4-2-3-13-37-32)33(35)31-16-26(18-38-34(31)36)24-6-5-22-7-10-27(11-8-23(22)15-24)39-28-17-29(39)20-40-19-28/h2-6,9,12-16,18,27-29,35H,7-8,10-11,17,19-20H2,1H3,(H2,36,38). The van der Waals surface area contributed by atoms with Gasteiger partial charge in [0.25, 0.3) is 0 Å². The first kappa shape index (κ1) is 25.1. The molecule has 2 saturated heterocycles. The molecule has 2 aromatic carbocycles. The van der Waals surface area contributed by atoms with Gasteiger partial charge >= 0.3 is 0 Å². The highest BCUT2D eigenvalue weighted by atomic mass is 16.5. The van der Waals surface area contributed by atoms with Crippen molar-refractivity contribution >= 4 is 11.5 Å². The molecule has 3 atom stereocenters. The van der Waals surface area contributed by atoms with Gasteiger partial charge in [-0.25, -0.2) is 4.98 Å². The van der Waals surface area contributed by atoms with Crippen molar-refractivity contribution in [1.82, 2.24) is 14.9 Å². The molecule has 7 rings (SSSR count). The van der Waals surface area contributed by atoms with Crippen LogP contribution in [0.25, 0.3) is 22.4 Å². The number of pyridine rings is 2. The molecule has 0 saturated carbocycles. The fraction of sp³-hybridized carbons (Fsp3) is 0.324. The van der Waals surface area contributed by atoms with Crippen LogP contribution >= 0.6 is 0 Å². The van der Waals surface area contributed by atoms with E-state index in [0.29, 0.717) is 35.2 Å². The molecule has 0 spiro atoms. The van der Waals surface area contributed by atoms with Crippen molar-refractivity contribution in [1.29, 1.82) is 5.41 Å². The predicted molar refractivity (Wildman–Crippen MR) is 160 cm³/mol. The SMILES string of the molecule is Cc1cc(C(=N)c2cc(-c3ccc4c(c3)CCC(N3C5COCC3C5)CC4)cnc2N)ccc1-c1ccccn1. The summed E-state index contributed by atoms with van der Waals surface area (Å²) < 4.78 is 5.73. The number of rotatable bonds is 5. The minimum Gasteiger partial charge on any atom is -0.383 e. The lowest BCUT2D eigenvalue weighted by molar-refractivity contribution is -0.148. The molecule has 40 heavy (non-hydrogen) atoms. The zero-order valence-electron chi connectivity index (χ0n) is 22.9. The number of hydrogen-bond donors (Lipinski definition) is 2. The third kappa shape index (κ3) is 4.51. The zero-order chi connectivity index (χ0) is 27.2. The van der Waals surface area contributed by atoms with Crippen molar-refractivity contribution in [2.75, 3.05) is 18.9 Å². The molecule has 2 aliphatic heterocycles. The zero-order valence-corrected chi connectivity index (χ0v) is 22.9. The van der Waals surface area contributed by atoms with Crippen LogP contribution < -0.4 is 5.73 Å². The van der Waals surface area contributed by atoms with Crippen LogP contribution in [0.2, 0.25) is 0 Å². The topological polar surface area (TPSA) is 88.1 Å². The van der Waals surface area contributed by atoms with E-state index >= 15 is 0 Å². The first-order chi connectivity index (χ1) is 19.5. The van der Waals surface area contributed by atoms with Crippen molar-refractivity contribution in [3.05, 3.63) is 101 Å². The van der Waals surface area contributed by atoms with E-state index in [1.165, 1.54) is 30.4 Å². The molecule has 0 radical (unpaired) electrons. The number of nitrogen functional groups attached to an aromatic ring is 1. The lowest BCUT2D eigenvalue weighted by Gasteiger charge is -2.56. The monoisotopic (exact) mass is 529 g/mol. The number of anilines is 1. The highest BCUT2D eigenvalue weighted by Crippen LogP contribution is 2.38. The van der Waals surface area contributed by atoms with Gasteiger partial charge in [-0.15, -0.1) is 0 Å². The summed E-state index contributed by atoms with van der Waals surface area (Å²) in [5.74, 6) is 0.377. The molecule has 0 amide bonds. The van der Waals surface area contributed by atoms with Gasteiger partial charge in [0, 0.05) is 52.8 Å². The Hall–Kier alpha value is -3.87. The number of morpholine rings is 1. The number of nitrogens with zero attached hydrogens (tertiary/aromatic N) is 3. The summed E-state index contributed by atoms with van der Waals surface area (Å²) in [6.07, 6.45) is 9.59. The molecule has 202 valence electrons. The van der Waals surface area contributed by atoms with Crippen molar-refractivity contribution in [2.45, 2.75) is 57.2 Å². The Morgan fingerprint density at radius 3 is 2.48 bits per heavy atom. The van der Waals surface area contributed by atoms with E-state index in [1.807, 2.05) is 48.7 Å². The van der Waals surface area contributed by atoms with E-state index in [1.54, 1.807) is 6.20 Å². The van der Waals surface area contributed by atoms with Crippen LogP contribution in [0.5, 0.6) is 0 Å². The van der Waals surface area contributed by atoms with Crippen LogP contribution in [0.15, 0.2) is 73.1 Å². The maximum atomic E-state index is 9.01. The molecule has 3 aliphatic rings. The van der Waals surface area contributed by atoms with Crippen molar-refractivity contribution in [2.24, 2.45) is 0 Å². The van der Waals surface area contributed by atoms with Gasteiger partial charge in [0.15, 0.2) is 0 Å². The molecule has 6 nitrogen and oxygen atoms in total. The van der Waals surface area contributed by atoms with E-state index in [4.69, 9.17) is 15.9 Å². The summed E-state index contributed by atoms with van der Waals surface area (Å²) in [6, 6.07) is 22.7. The summed E-state index contributed by atoms with van der Waals surface area (Å²) in [5.41, 5.74) is 16.3. The largest absolute Gasteiger partial charge is 0.383 e. The Kier molecular flexibility index (Phi) is 6.45. The third-order valence-corrected chi connectivity index (χ3v) is 9.11. The molecule has 4 heterocycles. The summed E-state index contributed by atoms with van der Waals surface area (Å²) in [4.78, 5) is 11.7. The summed E-state index contributed by atoms with van der Waals surface area (Å²) in [6.45, 7) is 3.86. The molecular weight excluding hydrogens is 494 g/mol. The highest BCUT2D eigenvalue weighted by Gasteiger charge is 2.45. The lowest BCUT2D eigenvalue weighted by atomic mass is 9.87. The number of hydrogen-bond acceptors (Lipinski definition) is 6. The summed E-state index contributed by atoms with van der Waals surface area (Å²) >= 11 is 0. The highest BCUT2D eigenvalue weighted by molar-refractivity contribution is 6.14. The molecule has 2 fully saturated rings. The van der Waals surface area contributed by atoms with Gasteiger partial charge in [-0.3, -0.25) is 15.3 Å². The van der Waals surface area contributed by atoms with Crippen LogP contribution in [0, 0.1) is 12.3 Å². The average Bonchev–Trinajstić information content (AvgIpc) is 3.20. The second-order valence-corrected chi connectivity index (χ2v) is 11.5. The van der Waals surface area contributed by atoms with Crippen LogP contribution in [0.4, 0.5) is 5.82 Å². The molecule has 3 N–H and O–H groups in total. The molecule has 2 bridgehead atoms. The normalized spacial score (nSPS) is 22.2. The molecule has 2 aromatic heterocycles. The van der Waals surface area contributed by atoms with Gasteiger partial charge in [0.05, 0.1) is 24.6 Å². The molecule has 3 unspecified atom stereocenters. The van der Waals surface area contributed by atoms with Crippen LogP contribution in [-0.4, -0.2) is 51.9 Å². The second kappa shape index (κ2) is 10.3. The molecule has 4 aromatic rings. The minimum atomic E-state index is 0.377. The Bertz CT molecular complexity index is 1570. The third-order valence-electron chi connectivity index (χ3n) is 9.11. The predicted octanol–water partition coefficient (Wildman–Crippen LogP) is 5.84. The number of aromatic nitrogens is 2. The van der Waals surface area contributed by atoms with Crippen LogP contribution in [0.3, 0.4) is 0 Å². The Morgan fingerprint density at radius 1 is 0.900 bits per heavy atom. The van der Waals surface area contributed by atoms with Crippen molar-refractivity contribution < 1.29 is 4.74 Å². The fourth-order valence-electron chi connectivity index (χ4n) is 6.95. The van der Waals surface area contributed by atoms with Crippen molar-refractivity contribution in [3.63, 3.8) is 0 Å².